The zero-order chi connectivity index (χ0) is 13.2. The molecule has 2 heterocycles. The molecule has 0 spiro atoms. The lowest BCUT2D eigenvalue weighted by atomic mass is 10.2. The van der Waals surface area contributed by atoms with Gasteiger partial charge in [-0.25, -0.2) is 4.98 Å². The molecular weight excluding hydrogens is 260 g/mol. The highest BCUT2D eigenvalue weighted by atomic mass is 35.5. The average molecular weight is 273 g/mol. The minimum Gasteiger partial charge on any atom is -0.384 e. The van der Waals surface area contributed by atoms with Gasteiger partial charge in [0.1, 0.15) is 5.82 Å². The van der Waals surface area contributed by atoms with E-state index in [1.54, 1.807) is 6.20 Å². The lowest BCUT2D eigenvalue weighted by molar-refractivity contribution is 1.01. The number of nitrogens with one attached hydrogen (secondary N) is 1. The Bertz CT molecular complexity index is 720. The molecule has 96 valence electrons. The van der Waals surface area contributed by atoms with Gasteiger partial charge in [-0.05, 0) is 30.7 Å². The molecule has 0 saturated heterocycles. The van der Waals surface area contributed by atoms with Crippen molar-refractivity contribution < 1.29 is 0 Å². The summed E-state index contributed by atoms with van der Waals surface area (Å²) in [5.41, 5.74) is 2.18. The van der Waals surface area contributed by atoms with Gasteiger partial charge in [0.15, 0.2) is 0 Å². The summed E-state index contributed by atoms with van der Waals surface area (Å²) in [6.07, 6.45) is 3.69. The van der Waals surface area contributed by atoms with Gasteiger partial charge in [0, 0.05) is 24.3 Å². The lowest BCUT2D eigenvalue weighted by Gasteiger charge is -2.03. The summed E-state index contributed by atoms with van der Waals surface area (Å²) >= 11 is 5.86. The first-order valence-corrected chi connectivity index (χ1v) is 6.50. The van der Waals surface area contributed by atoms with Crippen LogP contribution in [0.25, 0.3) is 16.7 Å². The Labute approximate surface area is 116 Å². The number of aromatic nitrogens is 3. The van der Waals surface area contributed by atoms with E-state index in [1.807, 2.05) is 29.0 Å². The Balaban J connectivity index is 2.23. The van der Waals surface area contributed by atoms with Crippen LogP contribution in [0.15, 0.2) is 42.7 Å². The molecule has 1 aromatic carbocycles. The van der Waals surface area contributed by atoms with Crippen LogP contribution in [0, 0.1) is 0 Å². The predicted octanol–water partition coefficient (Wildman–Crippen LogP) is 3.51. The fourth-order valence-corrected chi connectivity index (χ4v) is 2.30. The van der Waals surface area contributed by atoms with E-state index in [2.05, 4.69) is 34.3 Å². The van der Waals surface area contributed by atoms with Crippen molar-refractivity contribution in [1.82, 2.24) is 14.5 Å². The molecule has 4 nitrogen and oxygen atoms in total. The molecule has 0 atom stereocenters. The molecule has 1 N–H and O–H groups in total. The van der Waals surface area contributed by atoms with Crippen LogP contribution in [0.1, 0.15) is 6.92 Å². The van der Waals surface area contributed by atoms with E-state index in [9.17, 15) is 0 Å². The van der Waals surface area contributed by atoms with Crippen LogP contribution in [0.2, 0.25) is 5.28 Å². The van der Waals surface area contributed by atoms with Crippen LogP contribution in [0.5, 0.6) is 0 Å². The molecule has 0 radical (unpaired) electrons. The van der Waals surface area contributed by atoms with Gasteiger partial charge in [0.05, 0.1) is 11.2 Å². The van der Waals surface area contributed by atoms with Gasteiger partial charge in [0.2, 0.25) is 5.28 Å². The van der Waals surface area contributed by atoms with Gasteiger partial charge < -0.3 is 5.32 Å². The van der Waals surface area contributed by atoms with Crippen molar-refractivity contribution in [2.24, 2.45) is 0 Å². The molecule has 2 aromatic heterocycles. The lowest BCUT2D eigenvalue weighted by Crippen LogP contribution is -1.97. The summed E-state index contributed by atoms with van der Waals surface area (Å²) in [5, 5.41) is 4.77. The number of halogens is 1. The zero-order valence-corrected chi connectivity index (χ0v) is 11.2. The summed E-state index contributed by atoms with van der Waals surface area (Å²) in [6.45, 7) is 2.95. The first-order chi connectivity index (χ1) is 9.29. The summed E-state index contributed by atoms with van der Waals surface area (Å²) in [7, 11) is 0. The summed E-state index contributed by atoms with van der Waals surface area (Å²) in [4.78, 5) is 8.17. The summed E-state index contributed by atoms with van der Waals surface area (Å²) in [6, 6.07) is 10.0. The molecular formula is C14H13ClN4. The molecule has 0 saturated carbocycles. The van der Waals surface area contributed by atoms with E-state index >= 15 is 0 Å². The number of anilines is 1. The molecule has 0 fully saturated rings. The van der Waals surface area contributed by atoms with Gasteiger partial charge in [-0.2, -0.15) is 4.98 Å². The second-order valence-electron chi connectivity index (χ2n) is 4.14. The minimum absolute atomic E-state index is 0.250. The quantitative estimate of drug-likeness (QED) is 0.742. The summed E-state index contributed by atoms with van der Waals surface area (Å²) in [5.74, 6) is 0.764. The fourth-order valence-electron chi connectivity index (χ4n) is 2.16. The van der Waals surface area contributed by atoms with E-state index in [0.717, 1.165) is 23.6 Å². The Kier molecular flexibility index (Phi) is 3.09. The van der Waals surface area contributed by atoms with Crippen LogP contribution in [-0.4, -0.2) is 21.1 Å². The highest BCUT2D eigenvalue weighted by Gasteiger charge is 2.09. The van der Waals surface area contributed by atoms with Crippen molar-refractivity contribution in [3.8, 4) is 5.82 Å². The molecule has 0 bridgehead atoms. The molecule has 0 unspecified atom stereocenters. The smallest absolute Gasteiger partial charge is 0.224 e. The molecule has 0 aliphatic carbocycles. The maximum atomic E-state index is 5.86. The number of nitrogens with zero attached hydrogens (tertiary/aromatic N) is 3. The van der Waals surface area contributed by atoms with E-state index in [-0.39, 0.29) is 5.28 Å². The Morgan fingerprint density at radius 1 is 1.26 bits per heavy atom. The molecule has 3 aromatic rings. The standard InChI is InChI=1S/C14H13ClN4/c1-2-16-11-9-19(12-6-4-3-5-10(11)12)13-7-8-17-14(15)18-13/h3-9,16H,2H2,1H3. The van der Waals surface area contributed by atoms with Crippen molar-refractivity contribution in [3.05, 3.63) is 48.0 Å². The Hall–Kier alpha value is -2.07. The average Bonchev–Trinajstić information content (AvgIpc) is 2.79. The molecule has 5 heteroatoms. The number of hydrogen-bond acceptors (Lipinski definition) is 3. The SMILES string of the molecule is CCNc1cn(-c2ccnc(Cl)n2)c2ccccc12. The van der Waals surface area contributed by atoms with Crippen molar-refractivity contribution in [1.29, 1.82) is 0 Å². The fraction of sp³-hybridized carbons (Fsp3) is 0.143. The normalized spacial score (nSPS) is 10.8. The molecule has 0 aliphatic rings. The van der Waals surface area contributed by atoms with Gasteiger partial charge in [-0.1, -0.05) is 18.2 Å². The molecule has 19 heavy (non-hydrogen) atoms. The van der Waals surface area contributed by atoms with Crippen LogP contribution >= 0.6 is 11.6 Å². The molecule has 0 amide bonds. The minimum atomic E-state index is 0.250. The second-order valence-corrected chi connectivity index (χ2v) is 4.48. The zero-order valence-electron chi connectivity index (χ0n) is 10.5. The highest BCUT2D eigenvalue weighted by molar-refractivity contribution is 6.28. The van der Waals surface area contributed by atoms with Gasteiger partial charge >= 0.3 is 0 Å². The maximum absolute atomic E-state index is 5.86. The van der Waals surface area contributed by atoms with Crippen LogP contribution in [0.4, 0.5) is 5.69 Å². The number of hydrogen-bond donors (Lipinski definition) is 1. The third kappa shape index (κ3) is 2.15. The van der Waals surface area contributed by atoms with Crippen molar-refractivity contribution >= 4 is 28.2 Å². The largest absolute Gasteiger partial charge is 0.384 e. The third-order valence-electron chi connectivity index (χ3n) is 2.94. The van der Waals surface area contributed by atoms with E-state index in [0.29, 0.717) is 0 Å². The summed E-state index contributed by atoms with van der Waals surface area (Å²) < 4.78 is 2.01. The number of benzene rings is 1. The first kappa shape index (κ1) is 12.0. The number of para-hydroxylation sites is 1. The monoisotopic (exact) mass is 272 g/mol. The molecule has 3 rings (SSSR count). The first-order valence-electron chi connectivity index (χ1n) is 6.12. The maximum Gasteiger partial charge on any atom is 0.224 e. The van der Waals surface area contributed by atoms with Crippen LogP contribution in [-0.2, 0) is 0 Å². The highest BCUT2D eigenvalue weighted by Crippen LogP contribution is 2.28. The van der Waals surface area contributed by atoms with Crippen molar-refractivity contribution in [2.45, 2.75) is 6.92 Å². The second kappa shape index (κ2) is 4.90. The van der Waals surface area contributed by atoms with Gasteiger partial charge in [-0.3, -0.25) is 4.57 Å². The number of fused-ring (bicyclic) bond motifs is 1. The number of rotatable bonds is 3. The Morgan fingerprint density at radius 3 is 2.89 bits per heavy atom. The van der Waals surface area contributed by atoms with Crippen molar-refractivity contribution in [3.63, 3.8) is 0 Å². The van der Waals surface area contributed by atoms with Gasteiger partial charge in [0.25, 0.3) is 0 Å². The van der Waals surface area contributed by atoms with E-state index in [4.69, 9.17) is 11.6 Å². The van der Waals surface area contributed by atoms with Gasteiger partial charge in [-0.15, -0.1) is 0 Å². The Morgan fingerprint density at radius 2 is 2.11 bits per heavy atom. The van der Waals surface area contributed by atoms with E-state index in [1.165, 1.54) is 5.39 Å². The third-order valence-corrected chi connectivity index (χ3v) is 3.12. The molecule has 0 aliphatic heterocycles. The van der Waals surface area contributed by atoms with Crippen LogP contribution < -0.4 is 5.32 Å². The topological polar surface area (TPSA) is 42.7 Å². The van der Waals surface area contributed by atoms with Crippen LogP contribution in [0.3, 0.4) is 0 Å². The van der Waals surface area contributed by atoms with Crippen molar-refractivity contribution in [2.75, 3.05) is 11.9 Å². The predicted molar refractivity (Wildman–Crippen MR) is 78.0 cm³/mol. The van der Waals surface area contributed by atoms with E-state index < -0.39 is 0 Å².